The Morgan fingerprint density at radius 2 is 2.10 bits per heavy atom. The van der Waals surface area contributed by atoms with E-state index < -0.39 is 26.5 Å². The van der Waals surface area contributed by atoms with Gasteiger partial charge >= 0.3 is 5.69 Å². The van der Waals surface area contributed by atoms with Crippen molar-refractivity contribution in [3.8, 4) is 0 Å². The number of aryl methyl sites for hydroxylation is 1. The summed E-state index contributed by atoms with van der Waals surface area (Å²) in [6.45, 7) is 2.65. The molecule has 112 valence electrons. The van der Waals surface area contributed by atoms with E-state index in [0.717, 1.165) is 6.07 Å². The fraction of sp³-hybridized carbons (Fsp3) is 0.455. The molecule has 0 aliphatic carbocycles. The first-order valence-corrected chi connectivity index (χ1v) is 7.22. The summed E-state index contributed by atoms with van der Waals surface area (Å²) in [7, 11) is -3.99. The van der Waals surface area contributed by atoms with Crippen molar-refractivity contribution in [2.45, 2.75) is 18.7 Å². The monoisotopic (exact) mass is 306 g/mol. The van der Waals surface area contributed by atoms with Gasteiger partial charge in [-0.25, -0.2) is 13.1 Å². The Labute approximate surface area is 115 Å². The Morgan fingerprint density at radius 3 is 2.60 bits per heavy atom. The van der Waals surface area contributed by atoms with Crippen molar-refractivity contribution in [3.05, 3.63) is 33.6 Å². The Morgan fingerprint density at radius 1 is 1.50 bits per heavy atom. The highest BCUT2D eigenvalue weighted by atomic mass is 32.2. The van der Waals surface area contributed by atoms with E-state index in [0.29, 0.717) is 6.07 Å². The summed E-state index contributed by atoms with van der Waals surface area (Å²) in [6.07, 6.45) is 0. The maximum Gasteiger partial charge on any atom is 0.306 e. The highest BCUT2D eigenvalue weighted by molar-refractivity contribution is 7.89. The second kappa shape index (κ2) is 6.25. The number of rotatable bonds is 6. The average molecular weight is 306 g/mol. The van der Waals surface area contributed by atoms with E-state index in [1.54, 1.807) is 6.92 Å². The van der Waals surface area contributed by atoms with Gasteiger partial charge in [0.2, 0.25) is 15.8 Å². The highest BCUT2D eigenvalue weighted by Gasteiger charge is 2.24. The molecule has 0 bridgehead atoms. The van der Waals surface area contributed by atoms with Gasteiger partial charge in [-0.2, -0.15) is 4.39 Å². The molecule has 0 saturated heterocycles. The van der Waals surface area contributed by atoms with E-state index in [-0.39, 0.29) is 29.5 Å². The Bertz CT molecular complexity index is 617. The molecular formula is C11H15FN2O5S. The fourth-order valence-electron chi connectivity index (χ4n) is 1.41. The first-order valence-electron chi connectivity index (χ1n) is 5.74. The summed E-state index contributed by atoms with van der Waals surface area (Å²) < 4.78 is 39.6. The molecule has 0 heterocycles. The number of aliphatic hydroxyl groups excluding tert-OH is 1. The van der Waals surface area contributed by atoms with Crippen LogP contribution in [0.25, 0.3) is 0 Å². The van der Waals surface area contributed by atoms with Crippen LogP contribution in [0.5, 0.6) is 0 Å². The molecule has 0 amide bonds. The summed E-state index contributed by atoms with van der Waals surface area (Å²) in [5.41, 5.74) is -1.02. The highest BCUT2D eigenvalue weighted by Crippen LogP contribution is 2.25. The van der Waals surface area contributed by atoms with Gasteiger partial charge in [-0.15, -0.1) is 0 Å². The molecule has 1 unspecified atom stereocenters. The zero-order valence-electron chi connectivity index (χ0n) is 11.0. The topological polar surface area (TPSA) is 110 Å². The van der Waals surface area contributed by atoms with Gasteiger partial charge in [0.15, 0.2) is 0 Å². The van der Waals surface area contributed by atoms with E-state index in [1.165, 1.54) is 6.92 Å². The minimum atomic E-state index is -3.99. The minimum absolute atomic E-state index is 0.0247. The molecular weight excluding hydrogens is 291 g/mol. The second-order valence-corrected chi connectivity index (χ2v) is 6.24. The third-order valence-electron chi connectivity index (χ3n) is 2.65. The number of halogens is 1. The van der Waals surface area contributed by atoms with Crippen molar-refractivity contribution in [2.75, 3.05) is 13.2 Å². The normalized spacial score (nSPS) is 13.2. The summed E-state index contributed by atoms with van der Waals surface area (Å²) in [5.74, 6) is -1.36. The molecule has 1 aromatic carbocycles. The second-order valence-electron chi connectivity index (χ2n) is 4.47. The van der Waals surface area contributed by atoms with E-state index >= 15 is 0 Å². The minimum Gasteiger partial charge on any atom is -0.396 e. The number of nitrogens with one attached hydrogen (secondary N) is 1. The van der Waals surface area contributed by atoms with Crippen LogP contribution in [0.15, 0.2) is 17.0 Å². The van der Waals surface area contributed by atoms with Crippen LogP contribution in [0, 0.1) is 28.8 Å². The standard InChI is InChI=1S/C11H15FN2O5S/c1-7(6-15)5-13-20(18,19)9-3-8(2)11(12)10(4-9)14(16)17/h3-4,7,13,15H,5-6H2,1-2H3. The van der Waals surface area contributed by atoms with Gasteiger partial charge in [0.25, 0.3) is 0 Å². The lowest BCUT2D eigenvalue weighted by molar-refractivity contribution is -0.387. The number of aliphatic hydroxyl groups is 1. The van der Waals surface area contributed by atoms with Crippen LogP contribution in [0.2, 0.25) is 0 Å². The lowest BCUT2D eigenvalue weighted by atomic mass is 10.2. The van der Waals surface area contributed by atoms with Gasteiger partial charge < -0.3 is 5.11 Å². The van der Waals surface area contributed by atoms with Crippen LogP contribution in [0.1, 0.15) is 12.5 Å². The molecule has 0 radical (unpaired) electrons. The number of benzene rings is 1. The molecule has 20 heavy (non-hydrogen) atoms. The van der Waals surface area contributed by atoms with Gasteiger partial charge in [0.05, 0.1) is 9.82 Å². The molecule has 0 fully saturated rings. The van der Waals surface area contributed by atoms with Crippen molar-refractivity contribution in [3.63, 3.8) is 0 Å². The maximum atomic E-state index is 13.5. The van der Waals surface area contributed by atoms with Crippen LogP contribution >= 0.6 is 0 Å². The van der Waals surface area contributed by atoms with Crippen molar-refractivity contribution >= 4 is 15.7 Å². The number of hydrogen-bond acceptors (Lipinski definition) is 5. The summed E-state index contributed by atoms with van der Waals surface area (Å²) in [6, 6.07) is 1.70. The molecule has 9 heteroatoms. The maximum absolute atomic E-state index is 13.5. The molecule has 0 aromatic heterocycles. The van der Waals surface area contributed by atoms with E-state index in [1.807, 2.05) is 0 Å². The number of nitro groups is 1. The van der Waals surface area contributed by atoms with Gasteiger partial charge in [-0.1, -0.05) is 6.92 Å². The van der Waals surface area contributed by atoms with E-state index in [9.17, 15) is 22.9 Å². The first-order chi connectivity index (χ1) is 9.19. The molecule has 0 aliphatic heterocycles. The lowest BCUT2D eigenvalue weighted by Crippen LogP contribution is -2.29. The van der Waals surface area contributed by atoms with Crippen LogP contribution in [0.4, 0.5) is 10.1 Å². The van der Waals surface area contributed by atoms with Crippen LogP contribution in [-0.4, -0.2) is 31.6 Å². The van der Waals surface area contributed by atoms with Crippen molar-refractivity contribution in [1.29, 1.82) is 0 Å². The number of nitrogens with zero attached hydrogens (tertiary/aromatic N) is 1. The van der Waals surface area contributed by atoms with Gasteiger partial charge in [0.1, 0.15) is 0 Å². The molecule has 1 aromatic rings. The number of hydrogen-bond donors (Lipinski definition) is 2. The third-order valence-corrected chi connectivity index (χ3v) is 4.05. The van der Waals surface area contributed by atoms with E-state index in [4.69, 9.17) is 5.11 Å². The largest absolute Gasteiger partial charge is 0.396 e. The molecule has 0 spiro atoms. The van der Waals surface area contributed by atoms with Gasteiger partial charge in [0, 0.05) is 19.2 Å². The van der Waals surface area contributed by atoms with Crippen molar-refractivity contribution in [2.24, 2.45) is 5.92 Å². The van der Waals surface area contributed by atoms with Crippen LogP contribution in [0.3, 0.4) is 0 Å². The van der Waals surface area contributed by atoms with Crippen LogP contribution in [-0.2, 0) is 10.0 Å². The summed E-state index contributed by atoms with van der Waals surface area (Å²) in [5, 5.41) is 19.5. The SMILES string of the molecule is Cc1cc(S(=O)(=O)NCC(C)CO)cc([N+](=O)[O-])c1F. The predicted molar refractivity (Wildman–Crippen MR) is 69.2 cm³/mol. The Kier molecular flexibility index (Phi) is 5.15. The number of nitro benzene ring substituents is 1. The molecule has 1 rings (SSSR count). The zero-order chi connectivity index (χ0) is 15.5. The zero-order valence-corrected chi connectivity index (χ0v) is 11.8. The predicted octanol–water partition coefficient (Wildman–Crippen LogP) is 0.949. The fourth-order valence-corrected chi connectivity index (χ4v) is 2.68. The van der Waals surface area contributed by atoms with Crippen LogP contribution < -0.4 is 4.72 Å². The molecule has 0 saturated carbocycles. The Balaban J connectivity index is 3.16. The third kappa shape index (κ3) is 3.71. The number of sulfonamides is 1. The van der Waals surface area contributed by atoms with Gasteiger partial charge in [-0.3, -0.25) is 10.1 Å². The first kappa shape index (κ1) is 16.5. The summed E-state index contributed by atoms with van der Waals surface area (Å²) >= 11 is 0. The lowest BCUT2D eigenvalue weighted by Gasteiger charge is -2.11. The smallest absolute Gasteiger partial charge is 0.306 e. The Hall–Kier alpha value is -1.58. The molecule has 1 atom stereocenters. The summed E-state index contributed by atoms with van der Waals surface area (Å²) in [4.78, 5) is 9.33. The molecule has 7 nitrogen and oxygen atoms in total. The molecule has 2 N–H and O–H groups in total. The van der Waals surface area contributed by atoms with E-state index in [2.05, 4.69) is 4.72 Å². The van der Waals surface area contributed by atoms with Gasteiger partial charge in [-0.05, 0) is 24.5 Å². The van der Waals surface area contributed by atoms with Crippen molar-refractivity contribution in [1.82, 2.24) is 4.72 Å². The molecule has 0 aliphatic rings. The quantitative estimate of drug-likeness (QED) is 0.600. The van der Waals surface area contributed by atoms with Crippen molar-refractivity contribution < 1.29 is 22.8 Å². The average Bonchev–Trinajstić information content (AvgIpc) is 2.38.